The first-order valence-corrected chi connectivity index (χ1v) is 5.86. The summed E-state index contributed by atoms with van der Waals surface area (Å²) in [6.07, 6.45) is 0. The van der Waals surface area contributed by atoms with Crippen molar-refractivity contribution in [1.82, 2.24) is 5.32 Å². The highest BCUT2D eigenvalue weighted by Gasteiger charge is 2.04. The minimum Gasteiger partial charge on any atom is -0.399 e. The zero-order valence-corrected chi connectivity index (χ0v) is 11.0. The van der Waals surface area contributed by atoms with E-state index in [-0.39, 0.29) is 18.5 Å². The van der Waals surface area contributed by atoms with Crippen LogP contribution >= 0.6 is 15.9 Å². The normalized spacial score (nSPS) is 10.2. The maximum absolute atomic E-state index is 11.4. The van der Waals surface area contributed by atoms with Gasteiger partial charge in [0.25, 0.3) is 0 Å². The lowest BCUT2D eigenvalue weighted by molar-refractivity contribution is -0.119. The first kappa shape index (κ1) is 12.8. The number of nitrogens with one attached hydrogen (secondary N) is 2. The molecule has 4 N–H and O–H groups in total. The van der Waals surface area contributed by atoms with E-state index in [1.807, 2.05) is 19.9 Å². The van der Waals surface area contributed by atoms with Gasteiger partial charge in [-0.25, -0.2) is 0 Å². The van der Waals surface area contributed by atoms with Gasteiger partial charge >= 0.3 is 0 Å². The zero-order valence-electron chi connectivity index (χ0n) is 9.38. The molecule has 0 bridgehead atoms. The predicted molar refractivity (Wildman–Crippen MR) is 70.3 cm³/mol. The molecular weight excluding hydrogens is 270 g/mol. The van der Waals surface area contributed by atoms with Crippen molar-refractivity contribution in [3.05, 3.63) is 22.7 Å². The molecule has 0 aromatic heterocycles. The number of nitrogen functional groups attached to an aromatic ring is 1. The van der Waals surface area contributed by atoms with E-state index in [0.29, 0.717) is 5.69 Å². The molecule has 0 aliphatic heterocycles. The van der Waals surface area contributed by atoms with Crippen molar-refractivity contribution in [3.63, 3.8) is 0 Å². The van der Waals surface area contributed by atoms with E-state index >= 15 is 0 Å². The lowest BCUT2D eigenvalue weighted by atomic mass is 10.3. The quantitative estimate of drug-likeness (QED) is 0.741. The van der Waals surface area contributed by atoms with Crippen LogP contribution in [-0.2, 0) is 4.79 Å². The number of benzene rings is 1. The highest BCUT2D eigenvalue weighted by atomic mass is 79.9. The third-order valence-corrected chi connectivity index (χ3v) is 2.54. The van der Waals surface area contributed by atoms with Crippen LogP contribution in [0.25, 0.3) is 0 Å². The lowest BCUT2D eigenvalue weighted by Gasteiger charge is -2.11. The summed E-state index contributed by atoms with van der Waals surface area (Å²) in [5.41, 5.74) is 7.15. The number of amides is 1. The van der Waals surface area contributed by atoms with Crippen LogP contribution in [0.1, 0.15) is 13.8 Å². The van der Waals surface area contributed by atoms with Gasteiger partial charge in [-0.2, -0.15) is 0 Å². The highest BCUT2D eigenvalue weighted by Crippen LogP contribution is 2.24. The molecule has 0 heterocycles. The first-order valence-electron chi connectivity index (χ1n) is 5.07. The Morgan fingerprint density at radius 2 is 2.19 bits per heavy atom. The Balaban J connectivity index is 2.51. The van der Waals surface area contributed by atoms with Crippen LogP contribution in [0.15, 0.2) is 22.7 Å². The van der Waals surface area contributed by atoms with Gasteiger partial charge in [-0.3, -0.25) is 4.79 Å². The van der Waals surface area contributed by atoms with Crippen molar-refractivity contribution >= 4 is 33.2 Å². The predicted octanol–water partition coefficient (Wildman–Crippen LogP) is 1.97. The molecule has 0 atom stereocenters. The Morgan fingerprint density at radius 3 is 2.75 bits per heavy atom. The summed E-state index contributed by atoms with van der Waals surface area (Å²) in [7, 11) is 0. The van der Waals surface area contributed by atoms with E-state index in [9.17, 15) is 4.79 Å². The molecule has 1 aromatic carbocycles. The van der Waals surface area contributed by atoms with Crippen LogP contribution in [-0.4, -0.2) is 18.5 Å². The first-order chi connectivity index (χ1) is 7.49. The summed E-state index contributed by atoms with van der Waals surface area (Å²) < 4.78 is 0.852. The van der Waals surface area contributed by atoms with Crippen molar-refractivity contribution in [3.8, 4) is 0 Å². The van der Waals surface area contributed by atoms with Crippen molar-refractivity contribution in [2.24, 2.45) is 0 Å². The van der Waals surface area contributed by atoms with Gasteiger partial charge < -0.3 is 16.4 Å². The topological polar surface area (TPSA) is 67.2 Å². The number of carbonyl (C=O) groups excluding carboxylic acids is 1. The fourth-order valence-electron chi connectivity index (χ4n) is 1.22. The zero-order chi connectivity index (χ0) is 12.1. The molecule has 16 heavy (non-hydrogen) atoms. The summed E-state index contributed by atoms with van der Waals surface area (Å²) in [5.74, 6) is -0.0290. The van der Waals surface area contributed by atoms with Crippen LogP contribution in [0.2, 0.25) is 0 Å². The van der Waals surface area contributed by atoms with E-state index in [1.54, 1.807) is 12.1 Å². The molecule has 1 aromatic rings. The van der Waals surface area contributed by atoms with Crippen LogP contribution in [0, 0.1) is 0 Å². The molecule has 88 valence electrons. The summed E-state index contributed by atoms with van der Waals surface area (Å²) in [6.45, 7) is 4.11. The van der Waals surface area contributed by atoms with E-state index in [2.05, 4.69) is 26.6 Å². The monoisotopic (exact) mass is 285 g/mol. The van der Waals surface area contributed by atoms with Crippen LogP contribution in [0.4, 0.5) is 11.4 Å². The molecule has 0 saturated heterocycles. The van der Waals surface area contributed by atoms with E-state index in [0.717, 1.165) is 10.2 Å². The fourth-order valence-corrected chi connectivity index (χ4v) is 1.76. The molecule has 0 saturated carbocycles. The molecular formula is C11H16BrN3O. The van der Waals surface area contributed by atoms with Gasteiger partial charge in [0.15, 0.2) is 0 Å². The standard InChI is InChI=1S/C11H16BrN3O/c1-7(2)15-11(16)6-14-10-4-3-8(13)5-9(10)12/h3-5,7,14H,6,13H2,1-2H3,(H,15,16). The Kier molecular flexibility index (Phi) is 4.61. The van der Waals surface area contributed by atoms with E-state index in [1.165, 1.54) is 0 Å². The number of halogens is 1. The Bertz CT molecular complexity index is 379. The Labute approximate surface area is 104 Å². The van der Waals surface area contributed by atoms with Gasteiger partial charge in [0.05, 0.1) is 6.54 Å². The summed E-state index contributed by atoms with van der Waals surface area (Å²) in [6, 6.07) is 5.57. The van der Waals surface area contributed by atoms with Crippen molar-refractivity contribution in [2.75, 3.05) is 17.6 Å². The number of anilines is 2. The molecule has 0 aliphatic rings. The molecule has 0 aliphatic carbocycles. The van der Waals surface area contributed by atoms with E-state index in [4.69, 9.17) is 5.73 Å². The van der Waals surface area contributed by atoms with Gasteiger partial charge in [-0.05, 0) is 48.0 Å². The minimum absolute atomic E-state index is 0.0290. The summed E-state index contributed by atoms with van der Waals surface area (Å²) in [4.78, 5) is 11.4. The van der Waals surface area contributed by atoms with Crippen molar-refractivity contribution in [2.45, 2.75) is 19.9 Å². The molecule has 1 amide bonds. The number of hydrogen-bond acceptors (Lipinski definition) is 3. The van der Waals surface area contributed by atoms with Crippen LogP contribution < -0.4 is 16.4 Å². The molecule has 1 rings (SSSR count). The van der Waals surface area contributed by atoms with E-state index < -0.39 is 0 Å². The maximum atomic E-state index is 11.4. The smallest absolute Gasteiger partial charge is 0.239 e. The van der Waals surface area contributed by atoms with Crippen LogP contribution in [0.3, 0.4) is 0 Å². The van der Waals surface area contributed by atoms with Gasteiger partial charge in [0.1, 0.15) is 0 Å². The molecule has 5 heteroatoms. The average Bonchev–Trinajstić information content (AvgIpc) is 2.15. The van der Waals surface area contributed by atoms with Gasteiger partial charge in [-0.15, -0.1) is 0 Å². The Morgan fingerprint density at radius 1 is 1.50 bits per heavy atom. The third-order valence-electron chi connectivity index (χ3n) is 1.88. The SMILES string of the molecule is CC(C)NC(=O)CNc1ccc(N)cc1Br. The number of carbonyl (C=O) groups is 1. The number of rotatable bonds is 4. The second-order valence-corrected chi connectivity index (χ2v) is 4.67. The summed E-state index contributed by atoms with van der Waals surface area (Å²) in [5, 5.41) is 5.83. The van der Waals surface area contributed by atoms with Crippen LogP contribution in [0.5, 0.6) is 0 Å². The van der Waals surface area contributed by atoms with Gasteiger partial charge in [0, 0.05) is 21.9 Å². The molecule has 0 fully saturated rings. The number of nitrogens with two attached hydrogens (primary N) is 1. The molecule has 0 unspecified atom stereocenters. The number of hydrogen-bond donors (Lipinski definition) is 3. The lowest BCUT2D eigenvalue weighted by Crippen LogP contribution is -2.34. The summed E-state index contributed by atoms with van der Waals surface area (Å²) >= 11 is 3.37. The highest BCUT2D eigenvalue weighted by molar-refractivity contribution is 9.10. The Hall–Kier alpha value is -1.23. The van der Waals surface area contributed by atoms with Gasteiger partial charge in [0.2, 0.25) is 5.91 Å². The second-order valence-electron chi connectivity index (χ2n) is 3.82. The second kappa shape index (κ2) is 5.75. The fraction of sp³-hybridized carbons (Fsp3) is 0.364. The maximum Gasteiger partial charge on any atom is 0.239 e. The third kappa shape index (κ3) is 4.10. The minimum atomic E-state index is -0.0290. The van der Waals surface area contributed by atoms with Crippen molar-refractivity contribution < 1.29 is 4.79 Å². The molecule has 0 radical (unpaired) electrons. The largest absolute Gasteiger partial charge is 0.399 e. The molecule has 0 spiro atoms. The van der Waals surface area contributed by atoms with Gasteiger partial charge in [-0.1, -0.05) is 0 Å². The van der Waals surface area contributed by atoms with Crippen molar-refractivity contribution in [1.29, 1.82) is 0 Å². The average molecular weight is 286 g/mol. The molecule has 4 nitrogen and oxygen atoms in total.